The molecule has 4 heterocycles. The summed E-state index contributed by atoms with van der Waals surface area (Å²) in [6.45, 7) is 0. The van der Waals surface area contributed by atoms with E-state index in [1.165, 1.54) is 41.2 Å². The molecule has 3 atom stereocenters. The number of rotatable bonds is 12. The van der Waals surface area contributed by atoms with Gasteiger partial charge in [-0.25, -0.2) is 24.5 Å². The van der Waals surface area contributed by atoms with Crippen LogP contribution < -0.4 is 16.8 Å². The maximum Gasteiger partial charge on any atom is 0.352 e. The van der Waals surface area contributed by atoms with Crippen LogP contribution in [0.15, 0.2) is 69.6 Å². The highest BCUT2D eigenvalue weighted by Gasteiger charge is 2.54. The van der Waals surface area contributed by atoms with Crippen molar-refractivity contribution in [2.45, 2.75) is 22.7 Å². The van der Waals surface area contributed by atoms with Gasteiger partial charge >= 0.3 is 11.9 Å². The van der Waals surface area contributed by atoms with Crippen molar-refractivity contribution >= 4 is 75.3 Å². The Morgan fingerprint density at radius 3 is 2.64 bits per heavy atom. The predicted octanol–water partition coefficient (Wildman–Crippen LogP) is 1.14. The largest absolute Gasteiger partial charge is 0.504 e. The lowest BCUT2D eigenvalue weighted by molar-refractivity contribution is -0.151. The zero-order chi connectivity index (χ0) is 33.8. The highest BCUT2D eigenvalue weighted by atomic mass is 32.2. The maximum absolute atomic E-state index is 13.4. The monoisotopic (exact) mass is 700 g/mol. The lowest BCUT2D eigenvalue weighted by atomic mass is 10.0. The highest BCUT2D eigenvalue weighted by molar-refractivity contribution is 8.00. The molecule has 0 spiro atoms. The fraction of sp³-hybridized carbons (Fsp3) is 0.185. The summed E-state index contributed by atoms with van der Waals surface area (Å²) in [5, 5.41) is 46.4. The number of aromatic nitrogens is 3. The third-order valence-electron chi connectivity index (χ3n) is 6.53. The number of nitrogens with two attached hydrogens (primary N) is 2. The molecular weight excluding hydrogens is 677 g/mol. The zero-order valence-electron chi connectivity index (χ0n) is 23.7. The third kappa shape index (κ3) is 7.23. The van der Waals surface area contributed by atoms with E-state index in [0.717, 1.165) is 28.4 Å². The SMILES string of the molecule is Nc1ccnc(SC/C=C/C2=C(C(=O)O)N3C(=O)[C@@H](NC(=O)/C(=N/O[C@H](C(=O)O)c4ccc(O)c(O)c4)c4csc(N)n4)[C@H]3SC2)n1. The number of nitrogens with zero attached hydrogens (tertiary/aromatic N) is 5. The molecule has 1 fully saturated rings. The van der Waals surface area contributed by atoms with Crippen molar-refractivity contribution in [3.8, 4) is 11.5 Å². The summed E-state index contributed by atoms with van der Waals surface area (Å²) in [7, 11) is 0. The van der Waals surface area contributed by atoms with Crippen molar-refractivity contribution in [3.63, 3.8) is 0 Å². The Kier molecular flexibility index (Phi) is 9.82. The fourth-order valence-corrected chi connectivity index (χ4v) is 6.89. The molecule has 47 heavy (non-hydrogen) atoms. The van der Waals surface area contributed by atoms with Crippen LogP contribution in [0.3, 0.4) is 0 Å². The van der Waals surface area contributed by atoms with Crippen molar-refractivity contribution in [2.24, 2.45) is 5.16 Å². The number of carbonyl (C=O) groups is 4. The Bertz CT molecular complexity index is 1850. The van der Waals surface area contributed by atoms with Gasteiger partial charge in [0.1, 0.15) is 28.6 Å². The predicted molar refractivity (Wildman–Crippen MR) is 170 cm³/mol. The van der Waals surface area contributed by atoms with Gasteiger partial charge < -0.3 is 42.0 Å². The standard InChI is InChI=1S/C27H24N8O9S3/c28-16-5-6-30-27(32-16)45-7-1-2-12-9-46-23-18(22(39)35(23)19(12)24(40)41)33-21(38)17(13-10-47-26(29)31-13)34-44-20(25(42)43)11-3-4-14(36)15(37)8-11/h1-6,8,10,18,20,23,36-37H,7,9H2,(H2,29,31)(H,33,38)(H,40,41)(H,42,43)(H2,28,30,32)/b2-1+,34-17+/t18-,20+,23-/m1/s1. The third-order valence-corrected chi connectivity index (χ3v) is 9.32. The first kappa shape index (κ1) is 33.0. The number of anilines is 2. The number of benzene rings is 1. The van der Waals surface area contributed by atoms with Gasteiger partial charge in [-0.3, -0.25) is 14.5 Å². The van der Waals surface area contributed by atoms with Crippen molar-refractivity contribution in [3.05, 3.63) is 70.5 Å². The number of nitrogens with one attached hydrogen (secondary N) is 1. The number of amides is 2. The van der Waals surface area contributed by atoms with Crippen LogP contribution in [0.4, 0.5) is 10.9 Å². The van der Waals surface area contributed by atoms with Crippen LogP contribution in [0, 0.1) is 0 Å². The van der Waals surface area contributed by atoms with Gasteiger partial charge in [-0.05, 0) is 23.8 Å². The molecule has 2 aliphatic heterocycles. The van der Waals surface area contributed by atoms with Gasteiger partial charge in [0.2, 0.25) is 6.10 Å². The molecule has 2 amide bonds. The first-order chi connectivity index (χ1) is 22.4. The average Bonchev–Trinajstić information content (AvgIpc) is 3.46. The quantitative estimate of drug-likeness (QED) is 0.0348. The number of fused-ring (bicyclic) bond motifs is 1. The molecule has 244 valence electrons. The molecular formula is C27H24N8O9S3. The minimum atomic E-state index is -1.82. The summed E-state index contributed by atoms with van der Waals surface area (Å²) < 4.78 is 0. The Hall–Kier alpha value is -5.34. The van der Waals surface area contributed by atoms with Crippen LogP contribution >= 0.6 is 34.9 Å². The summed E-state index contributed by atoms with van der Waals surface area (Å²) >= 11 is 3.47. The van der Waals surface area contributed by atoms with Gasteiger partial charge in [-0.2, -0.15) is 0 Å². The Morgan fingerprint density at radius 1 is 1.19 bits per heavy atom. The number of carbonyl (C=O) groups excluding carboxylic acids is 2. The number of aromatic hydroxyl groups is 2. The first-order valence-electron chi connectivity index (χ1n) is 13.2. The molecule has 2 aromatic heterocycles. The molecule has 1 aromatic carbocycles. The van der Waals surface area contributed by atoms with Gasteiger partial charge in [-0.1, -0.05) is 35.1 Å². The fourth-order valence-electron chi connectivity index (χ4n) is 4.38. The molecule has 5 rings (SSSR count). The van der Waals surface area contributed by atoms with Crippen LogP contribution in [0.25, 0.3) is 0 Å². The van der Waals surface area contributed by atoms with Crippen molar-refractivity contribution in [1.82, 2.24) is 25.2 Å². The zero-order valence-corrected chi connectivity index (χ0v) is 26.2. The molecule has 0 aliphatic carbocycles. The van der Waals surface area contributed by atoms with E-state index in [0.29, 0.717) is 22.3 Å². The maximum atomic E-state index is 13.4. The minimum absolute atomic E-state index is 0.0584. The number of thiazole rings is 1. The number of phenolic OH excluding ortho intramolecular Hbond substituents is 2. The molecule has 0 radical (unpaired) electrons. The van der Waals surface area contributed by atoms with Gasteiger partial charge in [0.25, 0.3) is 11.8 Å². The smallest absolute Gasteiger partial charge is 0.352 e. The number of thioether (sulfide) groups is 2. The first-order valence-corrected chi connectivity index (χ1v) is 16.2. The van der Waals surface area contributed by atoms with E-state index >= 15 is 0 Å². The van der Waals surface area contributed by atoms with Crippen molar-refractivity contribution in [2.75, 3.05) is 23.0 Å². The highest BCUT2D eigenvalue weighted by Crippen LogP contribution is 2.41. The molecule has 17 nitrogen and oxygen atoms in total. The molecule has 20 heteroatoms. The van der Waals surface area contributed by atoms with Crippen LogP contribution in [0.1, 0.15) is 17.4 Å². The van der Waals surface area contributed by atoms with Crippen LogP contribution in [0.5, 0.6) is 11.5 Å². The van der Waals surface area contributed by atoms with Gasteiger partial charge in [-0.15, -0.1) is 23.1 Å². The van der Waals surface area contributed by atoms with Crippen LogP contribution in [-0.2, 0) is 24.0 Å². The molecule has 0 bridgehead atoms. The van der Waals surface area contributed by atoms with E-state index in [1.54, 1.807) is 18.2 Å². The second kappa shape index (κ2) is 14.0. The summed E-state index contributed by atoms with van der Waals surface area (Å²) in [5.74, 6) is -4.69. The topological polar surface area (TPSA) is 277 Å². The number of allylic oxidation sites excluding steroid dienone is 1. The number of nitrogen functional groups attached to an aromatic ring is 2. The Labute approximate surface area is 277 Å². The summed E-state index contributed by atoms with van der Waals surface area (Å²) in [4.78, 5) is 69.3. The number of phenols is 2. The van der Waals surface area contributed by atoms with Crippen LogP contribution in [-0.4, -0.2) is 92.7 Å². The van der Waals surface area contributed by atoms with E-state index in [-0.39, 0.29) is 27.8 Å². The summed E-state index contributed by atoms with van der Waals surface area (Å²) in [5.41, 5.74) is 10.8. The van der Waals surface area contributed by atoms with Gasteiger partial charge in [0.15, 0.2) is 27.5 Å². The number of hydrogen-bond acceptors (Lipinski definition) is 16. The van der Waals surface area contributed by atoms with E-state index in [9.17, 15) is 39.6 Å². The minimum Gasteiger partial charge on any atom is -0.504 e. The normalized spacial score (nSPS) is 18.4. The van der Waals surface area contributed by atoms with Crippen molar-refractivity contribution < 1.29 is 44.4 Å². The van der Waals surface area contributed by atoms with Gasteiger partial charge in [0, 0.05) is 28.6 Å². The van der Waals surface area contributed by atoms with Crippen molar-refractivity contribution in [1.29, 1.82) is 0 Å². The Balaban J connectivity index is 1.32. The molecule has 3 aromatic rings. The van der Waals surface area contributed by atoms with E-state index in [2.05, 4.69) is 25.4 Å². The second-order valence-corrected chi connectivity index (χ2v) is 12.6. The summed E-state index contributed by atoms with van der Waals surface area (Å²) in [6, 6.07) is 3.58. The number of oxime groups is 1. The number of carboxylic acids is 2. The molecule has 0 unspecified atom stereocenters. The number of β-lactam (4-membered cyclic amide) rings is 1. The number of hydrogen-bond donors (Lipinski definition) is 7. The molecule has 9 N–H and O–H groups in total. The molecule has 0 saturated carbocycles. The lowest BCUT2D eigenvalue weighted by Crippen LogP contribution is -2.71. The molecule has 2 aliphatic rings. The van der Waals surface area contributed by atoms with Crippen LogP contribution in [0.2, 0.25) is 0 Å². The number of carboxylic acid groups (broad SMARTS) is 2. The average molecular weight is 701 g/mol. The molecule has 1 saturated heterocycles. The van der Waals surface area contributed by atoms with E-state index in [1.807, 2.05) is 0 Å². The van der Waals surface area contributed by atoms with E-state index in [4.69, 9.17) is 16.3 Å². The Morgan fingerprint density at radius 2 is 1.98 bits per heavy atom. The van der Waals surface area contributed by atoms with Gasteiger partial charge in [0.05, 0.1) is 0 Å². The summed E-state index contributed by atoms with van der Waals surface area (Å²) in [6.07, 6.45) is 3.02. The number of aliphatic carboxylic acids is 2. The van der Waals surface area contributed by atoms with E-state index < -0.39 is 58.5 Å². The second-order valence-electron chi connectivity index (χ2n) is 9.60. The lowest BCUT2D eigenvalue weighted by Gasteiger charge is -2.49.